The van der Waals surface area contributed by atoms with Crippen LogP contribution in [0, 0.1) is 16.2 Å². The van der Waals surface area contributed by atoms with Crippen molar-refractivity contribution in [1.29, 1.82) is 5.26 Å². The van der Waals surface area contributed by atoms with E-state index in [-0.39, 0.29) is 16.8 Å². The fraction of sp³-hybridized carbons (Fsp3) is 0.286. The molecule has 1 amide bonds. The second-order valence-electron chi connectivity index (χ2n) is 4.15. The molecule has 1 rings (SSSR count). The molecule has 0 saturated heterocycles. The van der Waals surface area contributed by atoms with Crippen molar-refractivity contribution in [2.24, 2.45) is 5.18 Å². The van der Waals surface area contributed by atoms with Gasteiger partial charge in [0.15, 0.2) is 17.2 Å². The maximum atomic E-state index is 12.1. The van der Waals surface area contributed by atoms with Crippen molar-refractivity contribution < 1.29 is 15.0 Å². The highest BCUT2D eigenvalue weighted by Crippen LogP contribution is 2.37. The average Bonchev–Trinajstić information content (AvgIpc) is 2.49. The number of hydrogen-bond acceptors (Lipinski definition) is 6. The molecule has 0 aliphatic rings. The van der Waals surface area contributed by atoms with Crippen LogP contribution in [0.3, 0.4) is 0 Å². The van der Waals surface area contributed by atoms with Crippen LogP contribution in [-0.2, 0) is 4.79 Å². The number of likely N-dealkylation sites (N-methyl/N-ethyl adjacent to an activating group) is 1. The Morgan fingerprint density at radius 2 is 2.00 bits per heavy atom. The lowest BCUT2D eigenvalue weighted by molar-refractivity contribution is -0.126. The van der Waals surface area contributed by atoms with Gasteiger partial charge in [0.1, 0.15) is 11.6 Å². The van der Waals surface area contributed by atoms with E-state index >= 15 is 0 Å². The number of carbonyl (C=O) groups excluding carboxylic acids is 1. The quantitative estimate of drug-likeness (QED) is 0.373. The van der Waals surface area contributed by atoms with Gasteiger partial charge in [-0.25, -0.2) is 0 Å². The minimum Gasteiger partial charge on any atom is -0.504 e. The molecule has 7 heteroatoms. The average molecular weight is 289 g/mol. The van der Waals surface area contributed by atoms with Crippen LogP contribution in [0.1, 0.15) is 19.4 Å². The van der Waals surface area contributed by atoms with Crippen LogP contribution in [0.25, 0.3) is 6.08 Å². The van der Waals surface area contributed by atoms with E-state index in [9.17, 15) is 19.9 Å². The highest BCUT2D eigenvalue weighted by Gasteiger charge is 2.16. The van der Waals surface area contributed by atoms with E-state index in [1.807, 2.05) is 0 Å². The number of amides is 1. The maximum Gasteiger partial charge on any atom is 0.264 e. The lowest BCUT2D eigenvalue weighted by Gasteiger charge is -2.17. The summed E-state index contributed by atoms with van der Waals surface area (Å²) in [6, 6.07) is 4.10. The third-order valence-corrected chi connectivity index (χ3v) is 2.90. The molecule has 1 aromatic carbocycles. The minimum absolute atomic E-state index is 0.138. The Kier molecular flexibility index (Phi) is 5.43. The number of phenolic OH excluding ortho intramolecular Hbond substituents is 2. The molecule has 0 aliphatic carbocycles. The van der Waals surface area contributed by atoms with Gasteiger partial charge < -0.3 is 15.1 Å². The summed E-state index contributed by atoms with van der Waals surface area (Å²) in [5.41, 5.74) is -0.286. The zero-order valence-electron chi connectivity index (χ0n) is 11.7. The molecule has 0 aromatic heterocycles. The van der Waals surface area contributed by atoms with Gasteiger partial charge in [0, 0.05) is 13.1 Å². The van der Waals surface area contributed by atoms with Gasteiger partial charge in [-0.05, 0) is 42.8 Å². The summed E-state index contributed by atoms with van der Waals surface area (Å²) in [5, 5.41) is 30.5. The Labute approximate surface area is 121 Å². The number of rotatable bonds is 5. The van der Waals surface area contributed by atoms with Gasteiger partial charge in [0.25, 0.3) is 5.91 Å². The van der Waals surface area contributed by atoms with Crippen molar-refractivity contribution in [3.8, 4) is 17.6 Å². The number of nitroso groups, excluding NO2 is 1. The fourth-order valence-corrected chi connectivity index (χ4v) is 1.77. The molecule has 0 unspecified atom stereocenters. The molecule has 0 heterocycles. The van der Waals surface area contributed by atoms with Gasteiger partial charge in [0.2, 0.25) is 0 Å². The summed E-state index contributed by atoms with van der Waals surface area (Å²) < 4.78 is 0. The number of phenols is 2. The van der Waals surface area contributed by atoms with Gasteiger partial charge in [-0.2, -0.15) is 5.26 Å². The van der Waals surface area contributed by atoms with Crippen LogP contribution in [0.5, 0.6) is 11.5 Å². The molecule has 0 fully saturated rings. The molecule has 0 radical (unpaired) electrons. The van der Waals surface area contributed by atoms with Crippen molar-refractivity contribution in [2.75, 3.05) is 13.1 Å². The Hall–Kier alpha value is -2.88. The third-order valence-electron chi connectivity index (χ3n) is 2.90. The number of nitrogens with zero attached hydrogens (tertiary/aromatic N) is 3. The topological polar surface area (TPSA) is 114 Å². The first-order valence-corrected chi connectivity index (χ1v) is 6.28. The maximum absolute atomic E-state index is 12.1. The van der Waals surface area contributed by atoms with E-state index < -0.39 is 17.4 Å². The minimum atomic E-state index is -0.643. The van der Waals surface area contributed by atoms with E-state index in [1.165, 1.54) is 17.0 Å². The normalized spacial score (nSPS) is 10.8. The SMILES string of the molecule is CCN(CC)C(=O)/C(C#N)=C/c1cc(O)c(O)c(N=O)c1. The van der Waals surface area contributed by atoms with E-state index in [2.05, 4.69) is 5.18 Å². The van der Waals surface area contributed by atoms with E-state index in [4.69, 9.17) is 5.26 Å². The summed E-state index contributed by atoms with van der Waals surface area (Å²) >= 11 is 0. The number of hydrogen-bond donors (Lipinski definition) is 2. The summed E-state index contributed by atoms with van der Waals surface area (Å²) in [6.45, 7) is 4.49. The van der Waals surface area contributed by atoms with Gasteiger partial charge in [-0.3, -0.25) is 4.79 Å². The summed E-state index contributed by atoms with van der Waals surface area (Å²) in [6.07, 6.45) is 1.23. The van der Waals surface area contributed by atoms with Gasteiger partial charge in [-0.1, -0.05) is 0 Å². The zero-order valence-corrected chi connectivity index (χ0v) is 11.7. The van der Waals surface area contributed by atoms with Crippen LogP contribution in [0.4, 0.5) is 5.69 Å². The largest absolute Gasteiger partial charge is 0.504 e. The molecule has 0 spiro atoms. The molecule has 7 nitrogen and oxygen atoms in total. The lowest BCUT2D eigenvalue weighted by Crippen LogP contribution is -2.31. The molecular weight excluding hydrogens is 274 g/mol. The van der Waals surface area contributed by atoms with Crippen LogP contribution >= 0.6 is 0 Å². The van der Waals surface area contributed by atoms with Gasteiger partial charge in [-0.15, -0.1) is 4.91 Å². The fourth-order valence-electron chi connectivity index (χ4n) is 1.77. The number of aromatic hydroxyl groups is 2. The first-order valence-electron chi connectivity index (χ1n) is 6.28. The summed E-state index contributed by atoms with van der Waals surface area (Å²) in [5.74, 6) is -1.64. The Morgan fingerprint density at radius 3 is 2.48 bits per heavy atom. The smallest absolute Gasteiger partial charge is 0.264 e. The third kappa shape index (κ3) is 3.57. The Balaban J connectivity index is 3.27. The lowest BCUT2D eigenvalue weighted by atomic mass is 10.1. The van der Waals surface area contributed by atoms with E-state index in [0.29, 0.717) is 13.1 Å². The van der Waals surface area contributed by atoms with E-state index in [1.54, 1.807) is 19.9 Å². The van der Waals surface area contributed by atoms with E-state index in [0.717, 1.165) is 6.07 Å². The second kappa shape index (κ2) is 7.05. The summed E-state index contributed by atoms with van der Waals surface area (Å²) in [4.78, 5) is 24.1. The first kappa shape index (κ1) is 16.2. The molecule has 21 heavy (non-hydrogen) atoms. The van der Waals surface area contributed by atoms with Gasteiger partial charge >= 0.3 is 0 Å². The second-order valence-corrected chi connectivity index (χ2v) is 4.15. The molecule has 0 atom stereocenters. The summed E-state index contributed by atoms with van der Waals surface area (Å²) in [7, 11) is 0. The molecule has 0 saturated carbocycles. The monoisotopic (exact) mass is 289 g/mol. The van der Waals surface area contributed by atoms with Crippen LogP contribution < -0.4 is 0 Å². The van der Waals surface area contributed by atoms with Crippen molar-refractivity contribution in [2.45, 2.75) is 13.8 Å². The van der Waals surface area contributed by atoms with Crippen molar-refractivity contribution >= 4 is 17.7 Å². The predicted octanol–water partition coefficient (Wildman–Crippen LogP) is 2.27. The van der Waals surface area contributed by atoms with Crippen molar-refractivity contribution in [1.82, 2.24) is 4.90 Å². The zero-order chi connectivity index (χ0) is 16.0. The Morgan fingerprint density at radius 1 is 1.38 bits per heavy atom. The van der Waals surface area contributed by atoms with Gasteiger partial charge in [0.05, 0.1) is 0 Å². The Bertz CT molecular complexity index is 628. The predicted molar refractivity (Wildman–Crippen MR) is 76.7 cm³/mol. The first-order chi connectivity index (χ1) is 9.98. The molecule has 1 aromatic rings. The van der Waals surface area contributed by atoms with Crippen LogP contribution in [0.2, 0.25) is 0 Å². The number of nitriles is 1. The molecule has 0 aliphatic heterocycles. The van der Waals surface area contributed by atoms with Crippen LogP contribution in [-0.4, -0.2) is 34.1 Å². The van der Waals surface area contributed by atoms with Crippen molar-refractivity contribution in [3.05, 3.63) is 28.2 Å². The highest BCUT2D eigenvalue weighted by molar-refractivity contribution is 6.01. The number of carbonyl (C=O) groups is 1. The molecule has 0 bridgehead atoms. The highest BCUT2D eigenvalue weighted by atomic mass is 16.3. The standard InChI is InChI=1S/C14H15N3O4/c1-3-17(4-2)14(20)10(8-15)5-9-6-11(16-21)13(19)12(18)7-9/h5-7,18-19H,3-4H2,1-2H3/b10-5+. The molecular formula is C14H15N3O4. The molecule has 110 valence electrons. The van der Waals surface area contributed by atoms with Crippen molar-refractivity contribution in [3.63, 3.8) is 0 Å². The van der Waals surface area contributed by atoms with Crippen LogP contribution in [0.15, 0.2) is 22.9 Å². The molecule has 2 N–H and O–H groups in total. The number of benzene rings is 1.